The zero-order valence-electron chi connectivity index (χ0n) is 9.16. The number of hydrogen-bond donors (Lipinski definition) is 1. The minimum absolute atomic E-state index is 0.164. The Bertz CT molecular complexity index is 575. The van der Waals surface area contributed by atoms with Crippen LogP contribution in [0.3, 0.4) is 0 Å². The molecule has 0 atom stereocenters. The van der Waals surface area contributed by atoms with Crippen molar-refractivity contribution in [1.29, 1.82) is 0 Å². The molecule has 0 aromatic heterocycles. The smallest absolute Gasteiger partial charge is 0.140 e. The van der Waals surface area contributed by atoms with E-state index in [1.807, 2.05) is 0 Å². The summed E-state index contributed by atoms with van der Waals surface area (Å²) in [7, 11) is 0. The van der Waals surface area contributed by atoms with Gasteiger partial charge >= 0.3 is 0 Å². The molecular weight excluding hydrogens is 278 g/mol. The van der Waals surface area contributed by atoms with Crippen LogP contribution in [0.1, 0.15) is 5.56 Å². The Hall–Kier alpha value is -1.10. The molecule has 0 aliphatic rings. The number of halogens is 3. The molecule has 18 heavy (non-hydrogen) atoms. The third-order valence-corrected chi connectivity index (χ3v) is 3.70. The van der Waals surface area contributed by atoms with Crippen molar-refractivity contribution in [3.8, 4) is 0 Å². The lowest BCUT2D eigenvalue weighted by atomic mass is 10.2. The Balaban J connectivity index is 2.36. The Morgan fingerprint density at radius 1 is 1.06 bits per heavy atom. The molecule has 0 bridgehead atoms. The van der Waals surface area contributed by atoms with E-state index in [1.165, 1.54) is 12.1 Å². The SMILES string of the molecule is OCc1ccc(Cl)cc1Sc1ccc(F)cc1F. The van der Waals surface area contributed by atoms with Gasteiger partial charge in [-0.3, -0.25) is 0 Å². The molecule has 0 saturated heterocycles. The van der Waals surface area contributed by atoms with Crippen LogP contribution in [0.4, 0.5) is 8.78 Å². The van der Waals surface area contributed by atoms with Gasteiger partial charge in [0.25, 0.3) is 0 Å². The second-order valence-corrected chi connectivity index (χ2v) is 5.11. The summed E-state index contributed by atoms with van der Waals surface area (Å²) in [6.07, 6.45) is 0. The van der Waals surface area contributed by atoms with Crippen molar-refractivity contribution in [1.82, 2.24) is 0 Å². The Kier molecular flexibility index (Phi) is 4.22. The molecule has 2 aromatic rings. The van der Waals surface area contributed by atoms with Gasteiger partial charge in [-0.15, -0.1) is 0 Å². The van der Waals surface area contributed by atoms with E-state index in [4.69, 9.17) is 11.6 Å². The summed E-state index contributed by atoms with van der Waals surface area (Å²) in [5, 5.41) is 9.69. The standard InChI is InChI=1S/C13H9ClF2OS/c14-9-2-1-8(7-17)13(5-9)18-12-4-3-10(15)6-11(12)16/h1-6,17H,7H2. The maximum Gasteiger partial charge on any atom is 0.140 e. The molecule has 0 aliphatic heterocycles. The Morgan fingerprint density at radius 2 is 1.83 bits per heavy atom. The summed E-state index contributed by atoms with van der Waals surface area (Å²) in [5.41, 5.74) is 0.646. The van der Waals surface area contributed by atoms with E-state index in [1.54, 1.807) is 18.2 Å². The van der Waals surface area contributed by atoms with Crippen molar-refractivity contribution in [3.05, 3.63) is 58.6 Å². The third-order valence-electron chi connectivity index (χ3n) is 2.31. The minimum Gasteiger partial charge on any atom is -0.392 e. The first-order valence-electron chi connectivity index (χ1n) is 5.12. The molecule has 1 nitrogen and oxygen atoms in total. The maximum atomic E-state index is 13.5. The van der Waals surface area contributed by atoms with Crippen molar-refractivity contribution in [2.45, 2.75) is 16.4 Å². The van der Waals surface area contributed by atoms with E-state index >= 15 is 0 Å². The zero-order chi connectivity index (χ0) is 13.1. The molecule has 94 valence electrons. The molecule has 0 fully saturated rings. The van der Waals surface area contributed by atoms with Gasteiger partial charge in [0.05, 0.1) is 6.61 Å². The first-order valence-corrected chi connectivity index (χ1v) is 6.32. The van der Waals surface area contributed by atoms with Crippen molar-refractivity contribution in [2.24, 2.45) is 0 Å². The van der Waals surface area contributed by atoms with Crippen LogP contribution in [-0.4, -0.2) is 5.11 Å². The normalized spacial score (nSPS) is 10.7. The lowest BCUT2D eigenvalue weighted by Gasteiger charge is -2.08. The van der Waals surface area contributed by atoms with Crippen molar-refractivity contribution in [2.75, 3.05) is 0 Å². The van der Waals surface area contributed by atoms with Crippen LogP contribution in [0.15, 0.2) is 46.2 Å². The molecule has 0 unspecified atom stereocenters. The topological polar surface area (TPSA) is 20.2 Å². The van der Waals surface area contributed by atoms with E-state index in [0.717, 1.165) is 17.8 Å². The van der Waals surface area contributed by atoms with Gasteiger partial charge in [0.15, 0.2) is 0 Å². The molecule has 0 aliphatic carbocycles. The molecule has 0 amide bonds. The zero-order valence-corrected chi connectivity index (χ0v) is 10.7. The molecule has 2 aromatic carbocycles. The summed E-state index contributed by atoms with van der Waals surface area (Å²) in [5.74, 6) is -1.26. The maximum absolute atomic E-state index is 13.5. The fraction of sp³-hybridized carbons (Fsp3) is 0.0769. The minimum atomic E-state index is -0.635. The Morgan fingerprint density at radius 3 is 2.50 bits per heavy atom. The van der Waals surface area contributed by atoms with Crippen LogP contribution in [0.25, 0.3) is 0 Å². The number of benzene rings is 2. The van der Waals surface area contributed by atoms with Crippen molar-refractivity contribution >= 4 is 23.4 Å². The molecule has 0 heterocycles. The predicted octanol–water partition coefficient (Wildman–Crippen LogP) is 4.26. The average molecular weight is 287 g/mol. The van der Waals surface area contributed by atoms with E-state index in [-0.39, 0.29) is 11.5 Å². The summed E-state index contributed by atoms with van der Waals surface area (Å²) < 4.78 is 26.3. The molecule has 0 saturated carbocycles. The second kappa shape index (κ2) is 5.69. The van der Waals surface area contributed by atoms with Crippen LogP contribution >= 0.6 is 23.4 Å². The number of aliphatic hydroxyl groups excluding tert-OH is 1. The molecule has 1 N–H and O–H groups in total. The first kappa shape index (κ1) is 13.3. The Labute approximate surface area is 112 Å². The highest BCUT2D eigenvalue weighted by molar-refractivity contribution is 7.99. The molecule has 0 spiro atoms. The summed E-state index contributed by atoms with van der Waals surface area (Å²) in [4.78, 5) is 0.934. The largest absolute Gasteiger partial charge is 0.392 e. The molecule has 0 radical (unpaired) electrons. The van der Waals surface area contributed by atoms with Crippen LogP contribution < -0.4 is 0 Å². The van der Waals surface area contributed by atoms with E-state index in [0.29, 0.717) is 15.5 Å². The lowest BCUT2D eigenvalue weighted by molar-refractivity contribution is 0.279. The van der Waals surface area contributed by atoms with Crippen LogP contribution in [0.5, 0.6) is 0 Å². The van der Waals surface area contributed by atoms with Crippen LogP contribution in [-0.2, 0) is 6.61 Å². The molecular formula is C13H9ClF2OS. The summed E-state index contributed by atoms with van der Waals surface area (Å²) in [6.45, 7) is -0.164. The van der Waals surface area contributed by atoms with Crippen molar-refractivity contribution in [3.63, 3.8) is 0 Å². The number of aliphatic hydroxyl groups is 1. The van der Waals surface area contributed by atoms with Crippen LogP contribution in [0.2, 0.25) is 5.02 Å². The second-order valence-electron chi connectivity index (χ2n) is 3.59. The van der Waals surface area contributed by atoms with Crippen molar-refractivity contribution < 1.29 is 13.9 Å². The highest BCUT2D eigenvalue weighted by Gasteiger charge is 2.09. The molecule has 2 rings (SSSR count). The third kappa shape index (κ3) is 3.02. The van der Waals surface area contributed by atoms with Crippen LogP contribution in [0, 0.1) is 11.6 Å². The summed E-state index contributed by atoms with van der Waals surface area (Å²) in [6, 6.07) is 8.34. The monoisotopic (exact) mass is 286 g/mol. The van der Waals surface area contributed by atoms with E-state index < -0.39 is 11.6 Å². The number of rotatable bonds is 3. The van der Waals surface area contributed by atoms with E-state index in [9.17, 15) is 13.9 Å². The van der Waals surface area contributed by atoms with Gasteiger partial charge in [0.2, 0.25) is 0 Å². The van der Waals surface area contributed by atoms with Gasteiger partial charge in [-0.2, -0.15) is 0 Å². The van der Waals surface area contributed by atoms with E-state index in [2.05, 4.69) is 0 Å². The van der Waals surface area contributed by atoms with Gasteiger partial charge in [0.1, 0.15) is 11.6 Å². The van der Waals surface area contributed by atoms with Gasteiger partial charge in [-0.1, -0.05) is 29.4 Å². The van der Waals surface area contributed by atoms with Gasteiger partial charge in [-0.25, -0.2) is 8.78 Å². The highest BCUT2D eigenvalue weighted by Crippen LogP contribution is 2.34. The summed E-state index contributed by atoms with van der Waals surface area (Å²) >= 11 is 6.96. The van der Waals surface area contributed by atoms with Gasteiger partial charge in [0, 0.05) is 20.9 Å². The average Bonchev–Trinajstić information content (AvgIpc) is 2.33. The van der Waals surface area contributed by atoms with Gasteiger partial charge < -0.3 is 5.11 Å². The molecule has 5 heteroatoms. The predicted molar refractivity (Wildman–Crippen MR) is 67.9 cm³/mol. The highest BCUT2D eigenvalue weighted by atomic mass is 35.5. The number of hydrogen-bond acceptors (Lipinski definition) is 2. The fourth-order valence-corrected chi connectivity index (χ4v) is 2.65. The fourth-order valence-electron chi connectivity index (χ4n) is 1.43. The quantitative estimate of drug-likeness (QED) is 0.910. The first-order chi connectivity index (χ1) is 8.60. The lowest BCUT2D eigenvalue weighted by Crippen LogP contribution is -1.89. The van der Waals surface area contributed by atoms with Gasteiger partial charge in [-0.05, 0) is 29.8 Å².